The van der Waals surface area contributed by atoms with Gasteiger partial charge in [0.15, 0.2) is 6.61 Å². The Labute approximate surface area is 184 Å². The minimum Gasteiger partial charge on any atom is -0.492 e. The van der Waals surface area contributed by atoms with Crippen molar-refractivity contribution in [1.29, 1.82) is 0 Å². The van der Waals surface area contributed by atoms with Gasteiger partial charge in [-0.1, -0.05) is 53.5 Å². The Bertz CT molecular complexity index is 1040. The fourth-order valence-corrected chi connectivity index (χ4v) is 3.11. The molecule has 156 valence electrons. The summed E-state index contributed by atoms with van der Waals surface area (Å²) in [5.74, 6) is 0.286. The first-order valence-corrected chi connectivity index (χ1v) is 10.0. The quantitative estimate of drug-likeness (QED) is 0.393. The van der Waals surface area contributed by atoms with Crippen LogP contribution in [0, 0.1) is 0 Å². The number of amides is 2. The molecule has 0 radical (unpaired) electrons. The van der Waals surface area contributed by atoms with E-state index in [1.165, 1.54) is 0 Å². The summed E-state index contributed by atoms with van der Waals surface area (Å²) in [6.45, 7) is 0.0879. The average molecular weight is 447 g/mol. The number of ether oxygens (including phenoxy) is 2. The van der Waals surface area contributed by atoms with Crippen LogP contribution in [0.5, 0.6) is 11.5 Å². The predicted molar refractivity (Wildman–Crippen MR) is 117 cm³/mol. The lowest BCUT2D eigenvalue weighted by molar-refractivity contribution is -0.130. The molecular formula is C22H20Cl2N2O4. The van der Waals surface area contributed by atoms with Crippen molar-refractivity contribution in [1.82, 2.24) is 10.9 Å². The van der Waals surface area contributed by atoms with E-state index in [1.807, 2.05) is 36.4 Å². The SMILES string of the molecule is O=C(CCCOc1ccc(Cl)cc1Cl)NNC(=O)COc1ccc2ccccc2c1. The molecule has 0 aliphatic heterocycles. The molecular weight excluding hydrogens is 427 g/mol. The maximum absolute atomic E-state index is 11.9. The third kappa shape index (κ3) is 6.54. The van der Waals surface area contributed by atoms with Gasteiger partial charge in [0.2, 0.25) is 5.91 Å². The van der Waals surface area contributed by atoms with Crippen molar-refractivity contribution in [2.75, 3.05) is 13.2 Å². The van der Waals surface area contributed by atoms with Crippen LogP contribution in [0.3, 0.4) is 0 Å². The molecule has 3 rings (SSSR count). The largest absolute Gasteiger partial charge is 0.492 e. The van der Waals surface area contributed by atoms with E-state index in [1.54, 1.807) is 24.3 Å². The average Bonchev–Trinajstić information content (AvgIpc) is 2.75. The molecule has 0 aliphatic carbocycles. The van der Waals surface area contributed by atoms with Crippen molar-refractivity contribution >= 4 is 45.8 Å². The second-order valence-corrected chi connectivity index (χ2v) is 7.26. The number of hydrazine groups is 1. The molecule has 0 fully saturated rings. The van der Waals surface area contributed by atoms with Crippen LogP contribution in [0.4, 0.5) is 0 Å². The Morgan fingerprint density at radius 1 is 0.833 bits per heavy atom. The van der Waals surface area contributed by atoms with Gasteiger partial charge in [0.05, 0.1) is 11.6 Å². The molecule has 30 heavy (non-hydrogen) atoms. The Balaban J connectivity index is 1.32. The minimum absolute atomic E-state index is 0.178. The first-order chi connectivity index (χ1) is 14.5. The molecule has 0 saturated carbocycles. The Hall–Kier alpha value is -2.96. The fourth-order valence-electron chi connectivity index (χ4n) is 2.65. The number of hydrogen-bond acceptors (Lipinski definition) is 4. The van der Waals surface area contributed by atoms with Crippen molar-refractivity contribution in [3.63, 3.8) is 0 Å². The van der Waals surface area contributed by atoms with Gasteiger partial charge in [0, 0.05) is 11.4 Å². The lowest BCUT2D eigenvalue weighted by Gasteiger charge is -2.10. The van der Waals surface area contributed by atoms with Crippen LogP contribution >= 0.6 is 23.2 Å². The number of carbonyl (C=O) groups excluding carboxylic acids is 2. The molecule has 0 atom stereocenters. The summed E-state index contributed by atoms with van der Waals surface area (Å²) in [7, 11) is 0. The second kappa shape index (κ2) is 10.7. The lowest BCUT2D eigenvalue weighted by atomic mass is 10.1. The smallest absolute Gasteiger partial charge is 0.276 e. The molecule has 0 aromatic heterocycles. The molecule has 0 bridgehead atoms. The summed E-state index contributed by atoms with van der Waals surface area (Å²) in [6, 6.07) is 18.3. The highest BCUT2D eigenvalue weighted by Crippen LogP contribution is 2.27. The molecule has 2 N–H and O–H groups in total. The number of halogens is 2. The summed E-state index contributed by atoms with van der Waals surface area (Å²) in [4.78, 5) is 23.7. The standard InChI is InChI=1S/C22H20Cl2N2O4/c23-17-8-10-20(19(24)13-17)29-11-3-6-21(27)25-26-22(28)14-30-18-9-7-15-4-1-2-5-16(15)12-18/h1-2,4-5,7-10,12-13H,3,6,11,14H2,(H,25,27)(H,26,28). The first kappa shape index (κ1) is 21.7. The van der Waals surface area contributed by atoms with Crippen LogP contribution in [-0.2, 0) is 9.59 Å². The van der Waals surface area contributed by atoms with Crippen molar-refractivity contribution in [3.8, 4) is 11.5 Å². The van der Waals surface area contributed by atoms with Crippen LogP contribution in [0.25, 0.3) is 10.8 Å². The zero-order valence-electron chi connectivity index (χ0n) is 16.0. The van der Waals surface area contributed by atoms with Gasteiger partial charge >= 0.3 is 0 Å². The monoisotopic (exact) mass is 446 g/mol. The van der Waals surface area contributed by atoms with Gasteiger partial charge < -0.3 is 9.47 Å². The molecule has 6 nitrogen and oxygen atoms in total. The maximum atomic E-state index is 11.9. The first-order valence-electron chi connectivity index (χ1n) is 9.28. The van der Waals surface area contributed by atoms with Gasteiger partial charge in [-0.3, -0.25) is 20.4 Å². The highest BCUT2D eigenvalue weighted by Gasteiger charge is 2.07. The third-order valence-corrected chi connectivity index (χ3v) is 4.66. The van der Waals surface area contributed by atoms with Crippen LogP contribution in [0.1, 0.15) is 12.8 Å². The summed E-state index contributed by atoms with van der Waals surface area (Å²) in [5.41, 5.74) is 4.67. The molecule has 0 saturated heterocycles. The Morgan fingerprint density at radius 3 is 2.40 bits per heavy atom. The van der Waals surface area contributed by atoms with E-state index in [0.717, 1.165) is 10.8 Å². The molecule has 8 heteroatoms. The number of carbonyl (C=O) groups is 2. The zero-order chi connectivity index (χ0) is 21.3. The number of fused-ring (bicyclic) bond motifs is 1. The van der Waals surface area contributed by atoms with Crippen LogP contribution in [-0.4, -0.2) is 25.0 Å². The van der Waals surface area contributed by atoms with E-state index in [0.29, 0.717) is 34.6 Å². The van der Waals surface area contributed by atoms with Crippen molar-refractivity contribution in [3.05, 3.63) is 70.7 Å². The van der Waals surface area contributed by atoms with E-state index in [2.05, 4.69) is 10.9 Å². The topological polar surface area (TPSA) is 76.7 Å². The number of nitrogens with one attached hydrogen (secondary N) is 2. The van der Waals surface area contributed by atoms with Crippen LogP contribution in [0.15, 0.2) is 60.7 Å². The predicted octanol–water partition coefficient (Wildman–Crippen LogP) is 4.53. The van der Waals surface area contributed by atoms with Crippen LogP contribution in [0.2, 0.25) is 10.0 Å². The third-order valence-electron chi connectivity index (χ3n) is 4.13. The van der Waals surface area contributed by atoms with Gasteiger partial charge in [-0.15, -0.1) is 0 Å². The zero-order valence-corrected chi connectivity index (χ0v) is 17.5. The van der Waals surface area contributed by atoms with E-state index in [-0.39, 0.29) is 18.9 Å². The molecule has 0 unspecified atom stereocenters. The van der Waals surface area contributed by atoms with Gasteiger partial charge in [-0.25, -0.2) is 0 Å². The van der Waals surface area contributed by atoms with Gasteiger partial charge in [0.1, 0.15) is 11.5 Å². The number of hydrogen-bond donors (Lipinski definition) is 2. The van der Waals surface area contributed by atoms with Crippen LogP contribution < -0.4 is 20.3 Å². The van der Waals surface area contributed by atoms with Crippen molar-refractivity contribution in [2.24, 2.45) is 0 Å². The highest BCUT2D eigenvalue weighted by molar-refractivity contribution is 6.35. The molecule has 3 aromatic rings. The number of benzene rings is 3. The van der Waals surface area contributed by atoms with Gasteiger partial charge in [0.25, 0.3) is 5.91 Å². The molecule has 0 aliphatic rings. The maximum Gasteiger partial charge on any atom is 0.276 e. The minimum atomic E-state index is -0.458. The summed E-state index contributed by atoms with van der Waals surface area (Å²) < 4.78 is 11.0. The van der Waals surface area contributed by atoms with E-state index < -0.39 is 5.91 Å². The Kier molecular flexibility index (Phi) is 7.76. The van der Waals surface area contributed by atoms with E-state index >= 15 is 0 Å². The van der Waals surface area contributed by atoms with Crippen molar-refractivity contribution < 1.29 is 19.1 Å². The fraction of sp³-hybridized carbons (Fsp3) is 0.182. The Morgan fingerprint density at radius 2 is 1.60 bits per heavy atom. The summed E-state index contributed by atoms with van der Waals surface area (Å²) in [6.07, 6.45) is 0.630. The normalized spacial score (nSPS) is 10.5. The van der Waals surface area contributed by atoms with E-state index in [9.17, 15) is 9.59 Å². The molecule has 0 heterocycles. The molecule has 0 spiro atoms. The number of rotatable bonds is 8. The molecule has 2 amide bonds. The summed E-state index contributed by atoms with van der Waals surface area (Å²) >= 11 is 11.8. The second-order valence-electron chi connectivity index (χ2n) is 6.42. The lowest BCUT2D eigenvalue weighted by Crippen LogP contribution is -2.43. The van der Waals surface area contributed by atoms with Gasteiger partial charge in [-0.05, 0) is 47.5 Å². The van der Waals surface area contributed by atoms with E-state index in [4.69, 9.17) is 32.7 Å². The molecule has 3 aromatic carbocycles. The van der Waals surface area contributed by atoms with Crippen molar-refractivity contribution in [2.45, 2.75) is 12.8 Å². The highest BCUT2D eigenvalue weighted by atomic mass is 35.5. The van der Waals surface area contributed by atoms with Gasteiger partial charge in [-0.2, -0.15) is 0 Å². The summed E-state index contributed by atoms with van der Waals surface area (Å²) in [5, 5.41) is 3.03.